The highest BCUT2D eigenvalue weighted by Gasteiger charge is 2.27. The lowest BCUT2D eigenvalue weighted by molar-refractivity contribution is 0.188. The van der Waals surface area contributed by atoms with Crippen molar-refractivity contribution in [3.05, 3.63) is 47.6 Å². The van der Waals surface area contributed by atoms with Crippen molar-refractivity contribution in [3.63, 3.8) is 0 Å². The molecule has 0 radical (unpaired) electrons. The number of anilines is 3. The first kappa shape index (κ1) is 19.8. The van der Waals surface area contributed by atoms with Crippen LogP contribution in [0.1, 0.15) is 23.8 Å². The maximum Gasteiger partial charge on any atom is 0.142 e. The van der Waals surface area contributed by atoms with Crippen LogP contribution in [-0.4, -0.2) is 64.3 Å². The first-order valence-corrected chi connectivity index (χ1v) is 12.1. The Morgan fingerprint density at radius 3 is 2.72 bits per heavy atom. The van der Waals surface area contributed by atoms with Crippen molar-refractivity contribution < 1.29 is 5.11 Å². The van der Waals surface area contributed by atoms with E-state index in [9.17, 15) is 5.11 Å². The minimum absolute atomic E-state index is 0.207. The Morgan fingerprint density at radius 1 is 1.03 bits per heavy atom. The standard InChI is InChI=1S/C24H26N6OS/c31-13-12-29-8-10-30(11-9-29)22-15-20-18(2-1-7-25-20)23(28-22)26-17-5-6-19-21(14-17)32-24(27-19)16-3-4-16/h1-2,5-7,14-16,31H,3-4,8-13H2,(H,26,28). The van der Waals surface area contributed by atoms with Gasteiger partial charge in [0.15, 0.2) is 0 Å². The Morgan fingerprint density at radius 2 is 1.91 bits per heavy atom. The summed E-state index contributed by atoms with van der Waals surface area (Å²) in [5, 5.41) is 15.0. The minimum atomic E-state index is 0.207. The van der Waals surface area contributed by atoms with E-state index in [1.807, 2.05) is 23.6 Å². The molecule has 0 atom stereocenters. The molecule has 3 aromatic heterocycles. The first-order valence-electron chi connectivity index (χ1n) is 11.3. The van der Waals surface area contributed by atoms with E-state index in [4.69, 9.17) is 9.97 Å². The first-order chi connectivity index (χ1) is 15.8. The molecule has 32 heavy (non-hydrogen) atoms. The third-order valence-corrected chi connectivity index (χ3v) is 7.47. The molecule has 2 fully saturated rings. The highest BCUT2D eigenvalue weighted by Crippen LogP contribution is 2.43. The SMILES string of the molecule is OCCN1CCN(c2cc3ncccc3c(Nc3ccc4nc(C5CC5)sc4c3)n2)CC1. The highest BCUT2D eigenvalue weighted by molar-refractivity contribution is 7.18. The largest absolute Gasteiger partial charge is 0.395 e. The lowest BCUT2D eigenvalue weighted by atomic mass is 10.2. The maximum absolute atomic E-state index is 9.21. The lowest BCUT2D eigenvalue weighted by Crippen LogP contribution is -2.47. The summed E-state index contributed by atoms with van der Waals surface area (Å²) in [6.07, 6.45) is 4.38. The number of β-amino-alcohol motifs (C(OH)–C–C–N with tert-alkyl or cyclic N) is 1. The van der Waals surface area contributed by atoms with Crippen molar-refractivity contribution in [1.29, 1.82) is 0 Å². The third kappa shape index (κ3) is 3.90. The van der Waals surface area contributed by atoms with Gasteiger partial charge in [-0.3, -0.25) is 9.88 Å². The van der Waals surface area contributed by atoms with Crippen molar-refractivity contribution in [3.8, 4) is 0 Å². The van der Waals surface area contributed by atoms with E-state index >= 15 is 0 Å². The summed E-state index contributed by atoms with van der Waals surface area (Å²) in [6, 6.07) is 12.5. The molecule has 4 heterocycles. The number of aliphatic hydroxyl groups excluding tert-OH is 1. The van der Waals surface area contributed by atoms with Gasteiger partial charge in [-0.25, -0.2) is 9.97 Å². The van der Waals surface area contributed by atoms with Gasteiger partial charge in [0.05, 0.1) is 27.3 Å². The molecule has 1 saturated carbocycles. The molecule has 0 spiro atoms. The molecule has 4 aromatic rings. The van der Waals surface area contributed by atoms with Gasteiger partial charge >= 0.3 is 0 Å². The zero-order valence-corrected chi connectivity index (χ0v) is 18.7. The number of hydrogen-bond donors (Lipinski definition) is 2. The summed E-state index contributed by atoms with van der Waals surface area (Å²) >= 11 is 1.81. The predicted octanol–water partition coefficient (Wildman–Crippen LogP) is 3.97. The zero-order chi connectivity index (χ0) is 21.5. The van der Waals surface area contributed by atoms with Crippen LogP contribution >= 0.6 is 11.3 Å². The van der Waals surface area contributed by atoms with Crippen molar-refractivity contribution in [2.75, 3.05) is 49.5 Å². The Kier molecular flexibility index (Phi) is 5.13. The topological polar surface area (TPSA) is 77.4 Å². The van der Waals surface area contributed by atoms with Gasteiger partial charge in [-0.15, -0.1) is 11.3 Å². The number of nitrogens with zero attached hydrogens (tertiary/aromatic N) is 5. The summed E-state index contributed by atoms with van der Waals surface area (Å²) in [4.78, 5) is 19.0. The van der Waals surface area contributed by atoms with E-state index in [0.29, 0.717) is 5.92 Å². The fourth-order valence-electron chi connectivity index (χ4n) is 4.32. The molecule has 1 aliphatic carbocycles. The summed E-state index contributed by atoms with van der Waals surface area (Å²) in [6.45, 7) is 4.57. The molecule has 0 bridgehead atoms. The van der Waals surface area contributed by atoms with Gasteiger partial charge in [-0.2, -0.15) is 0 Å². The van der Waals surface area contributed by atoms with E-state index in [1.54, 1.807) is 0 Å². The summed E-state index contributed by atoms with van der Waals surface area (Å²) < 4.78 is 1.22. The van der Waals surface area contributed by atoms with Gasteiger partial charge in [0.1, 0.15) is 11.6 Å². The second-order valence-electron chi connectivity index (χ2n) is 8.59. The average Bonchev–Trinajstić information content (AvgIpc) is 3.59. The molecule has 8 heteroatoms. The van der Waals surface area contributed by atoms with Gasteiger partial charge in [0.25, 0.3) is 0 Å². The third-order valence-electron chi connectivity index (χ3n) is 6.29. The monoisotopic (exact) mass is 446 g/mol. The Hall–Kier alpha value is -2.81. The Labute approximate surface area is 190 Å². The Bertz CT molecular complexity index is 1260. The van der Waals surface area contributed by atoms with Gasteiger partial charge in [-0.05, 0) is 43.2 Å². The van der Waals surface area contributed by atoms with Crippen LogP contribution < -0.4 is 10.2 Å². The molecule has 2 N–H and O–H groups in total. The van der Waals surface area contributed by atoms with E-state index < -0.39 is 0 Å². The molecule has 6 rings (SSSR count). The number of benzene rings is 1. The van der Waals surface area contributed by atoms with Crippen molar-refractivity contribution in [1.82, 2.24) is 19.9 Å². The summed E-state index contributed by atoms with van der Waals surface area (Å²) in [7, 11) is 0. The number of piperazine rings is 1. The van der Waals surface area contributed by atoms with E-state index in [-0.39, 0.29) is 6.61 Å². The smallest absolute Gasteiger partial charge is 0.142 e. The molecule has 2 aliphatic rings. The van der Waals surface area contributed by atoms with Crippen LogP contribution in [0.4, 0.5) is 17.3 Å². The molecule has 0 unspecified atom stereocenters. The van der Waals surface area contributed by atoms with Gasteiger partial charge in [0, 0.05) is 62.0 Å². The maximum atomic E-state index is 9.21. The molecule has 164 valence electrons. The fourth-order valence-corrected chi connectivity index (χ4v) is 5.50. The molecule has 7 nitrogen and oxygen atoms in total. The predicted molar refractivity (Wildman–Crippen MR) is 130 cm³/mol. The molecule has 1 saturated heterocycles. The van der Waals surface area contributed by atoms with Crippen LogP contribution in [0.3, 0.4) is 0 Å². The van der Waals surface area contributed by atoms with Crippen LogP contribution in [0.15, 0.2) is 42.6 Å². The summed E-state index contributed by atoms with van der Waals surface area (Å²) in [5.41, 5.74) is 3.04. The number of nitrogens with one attached hydrogen (secondary N) is 1. The quantitative estimate of drug-likeness (QED) is 0.464. The van der Waals surface area contributed by atoms with Gasteiger partial charge in [0.2, 0.25) is 0 Å². The molecule has 1 aliphatic heterocycles. The highest BCUT2D eigenvalue weighted by atomic mass is 32.1. The zero-order valence-electron chi connectivity index (χ0n) is 17.9. The van der Waals surface area contributed by atoms with E-state index in [0.717, 1.165) is 66.5 Å². The Balaban J connectivity index is 1.31. The molecule has 1 aromatic carbocycles. The van der Waals surface area contributed by atoms with Crippen molar-refractivity contribution in [2.45, 2.75) is 18.8 Å². The second-order valence-corrected chi connectivity index (χ2v) is 9.65. The second kappa shape index (κ2) is 8.27. The molecular weight excluding hydrogens is 420 g/mol. The number of fused-ring (bicyclic) bond motifs is 2. The number of thiazole rings is 1. The number of rotatable bonds is 6. The number of hydrogen-bond acceptors (Lipinski definition) is 8. The van der Waals surface area contributed by atoms with Crippen LogP contribution in [0.2, 0.25) is 0 Å². The van der Waals surface area contributed by atoms with E-state index in [2.05, 4.69) is 50.4 Å². The summed E-state index contributed by atoms with van der Waals surface area (Å²) in [5.74, 6) is 2.45. The van der Waals surface area contributed by atoms with E-state index in [1.165, 1.54) is 22.5 Å². The van der Waals surface area contributed by atoms with Crippen molar-refractivity contribution >= 4 is 49.8 Å². The van der Waals surface area contributed by atoms with Crippen molar-refractivity contribution in [2.24, 2.45) is 0 Å². The lowest BCUT2D eigenvalue weighted by Gasteiger charge is -2.35. The van der Waals surface area contributed by atoms with Crippen LogP contribution in [0.25, 0.3) is 21.1 Å². The number of aromatic nitrogens is 3. The van der Waals surface area contributed by atoms with Crippen LogP contribution in [0, 0.1) is 0 Å². The van der Waals surface area contributed by atoms with Gasteiger partial charge < -0.3 is 15.3 Å². The fraction of sp³-hybridized carbons (Fsp3) is 0.375. The van der Waals surface area contributed by atoms with Crippen LogP contribution in [0.5, 0.6) is 0 Å². The number of pyridine rings is 2. The molecular formula is C24H26N6OS. The minimum Gasteiger partial charge on any atom is -0.395 e. The molecule has 0 amide bonds. The number of aliphatic hydroxyl groups is 1. The normalized spacial score (nSPS) is 17.3. The van der Waals surface area contributed by atoms with Crippen LogP contribution in [-0.2, 0) is 0 Å². The van der Waals surface area contributed by atoms with Gasteiger partial charge in [-0.1, -0.05) is 0 Å². The average molecular weight is 447 g/mol.